The van der Waals surface area contributed by atoms with Gasteiger partial charge in [-0.3, -0.25) is 9.48 Å². The largest absolute Gasteiger partial charge is 0.319 e. The van der Waals surface area contributed by atoms with Crippen LogP contribution in [-0.2, 0) is 6.54 Å². The van der Waals surface area contributed by atoms with Crippen LogP contribution in [0.2, 0.25) is 5.02 Å². The number of fused-ring (bicyclic) bond motifs is 1. The quantitative estimate of drug-likeness (QED) is 0.517. The molecule has 0 aliphatic heterocycles. The Kier molecular flexibility index (Phi) is 4.49. The van der Waals surface area contributed by atoms with Crippen LogP contribution in [0.15, 0.2) is 60.9 Å². The molecule has 0 bridgehead atoms. The molecular weight excluding hydrogens is 366 g/mol. The minimum absolute atomic E-state index is 0.216. The van der Waals surface area contributed by atoms with E-state index >= 15 is 0 Å². The summed E-state index contributed by atoms with van der Waals surface area (Å²) in [5.74, 6) is -0.216. The first-order valence-corrected chi connectivity index (χ1v) is 9.36. The van der Waals surface area contributed by atoms with Crippen LogP contribution in [0.4, 0.5) is 5.69 Å². The zero-order valence-corrected chi connectivity index (χ0v) is 15.6. The van der Waals surface area contributed by atoms with Gasteiger partial charge in [0.2, 0.25) is 0 Å². The maximum Gasteiger partial charge on any atom is 0.267 e. The van der Waals surface area contributed by atoms with E-state index in [0.29, 0.717) is 22.1 Å². The van der Waals surface area contributed by atoms with Crippen LogP contribution in [0.3, 0.4) is 0 Å². The first-order chi connectivity index (χ1) is 12.6. The van der Waals surface area contributed by atoms with Gasteiger partial charge in [-0.1, -0.05) is 54.1 Å². The molecular formula is C20H16ClN3OS. The maximum absolute atomic E-state index is 12.6. The van der Waals surface area contributed by atoms with E-state index in [1.165, 1.54) is 22.5 Å². The zero-order chi connectivity index (χ0) is 18.1. The number of nitrogens with zero attached hydrogens (tertiary/aromatic N) is 2. The number of nitrogens with one attached hydrogen (secondary N) is 1. The van der Waals surface area contributed by atoms with Gasteiger partial charge in [0, 0.05) is 16.3 Å². The minimum Gasteiger partial charge on any atom is -0.319 e. The van der Waals surface area contributed by atoms with Gasteiger partial charge < -0.3 is 5.32 Å². The highest BCUT2D eigenvalue weighted by Gasteiger charge is 2.17. The van der Waals surface area contributed by atoms with Crippen molar-refractivity contribution in [2.24, 2.45) is 0 Å². The third kappa shape index (κ3) is 3.23. The average Bonchev–Trinajstić information content (AvgIpc) is 3.22. The van der Waals surface area contributed by atoms with E-state index in [2.05, 4.69) is 29.5 Å². The van der Waals surface area contributed by atoms with Crippen LogP contribution in [0.25, 0.3) is 10.1 Å². The molecule has 26 heavy (non-hydrogen) atoms. The molecule has 0 atom stereocenters. The molecule has 4 nitrogen and oxygen atoms in total. The highest BCUT2D eigenvalue weighted by Crippen LogP contribution is 2.35. The van der Waals surface area contributed by atoms with E-state index < -0.39 is 0 Å². The molecule has 6 heteroatoms. The fourth-order valence-corrected chi connectivity index (χ4v) is 4.24. The van der Waals surface area contributed by atoms with Gasteiger partial charge in [0.05, 0.1) is 23.5 Å². The van der Waals surface area contributed by atoms with Gasteiger partial charge in [-0.2, -0.15) is 5.10 Å². The molecule has 2 aromatic carbocycles. The van der Waals surface area contributed by atoms with Gasteiger partial charge in [-0.25, -0.2) is 0 Å². The predicted octanol–water partition coefficient (Wildman–Crippen LogP) is 5.36. The van der Waals surface area contributed by atoms with Gasteiger partial charge in [0.1, 0.15) is 4.88 Å². The van der Waals surface area contributed by atoms with Crippen LogP contribution in [0, 0.1) is 6.92 Å². The lowest BCUT2D eigenvalue weighted by atomic mass is 10.1. The number of hydrogen-bond acceptors (Lipinski definition) is 3. The minimum atomic E-state index is -0.216. The lowest BCUT2D eigenvalue weighted by molar-refractivity contribution is 0.103. The predicted molar refractivity (Wildman–Crippen MR) is 107 cm³/mol. The number of aromatic nitrogens is 2. The highest BCUT2D eigenvalue weighted by molar-refractivity contribution is 7.21. The van der Waals surface area contributed by atoms with Crippen LogP contribution >= 0.6 is 22.9 Å². The number of amides is 1. The topological polar surface area (TPSA) is 46.9 Å². The Balaban J connectivity index is 1.52. The maximum atomic E-state index is 12.6. The standard InChI is InChI=1S/C20H16ClN3OS/c1-13-6-2-3-7-14(13)11-24-12-15(10-22-24)23-20(25)19-18(21)16-8-4-5-9-17(16)26-19/h2-10,12H,11H2,1H3,(H,23,25). The Labute approximate surface area is 160 Å². The molecule has 0 fully saturated rings. The summed E-state index contributed by atoms with van der Waals surface area (Å²) in [4.78, 5) is 13.1. The summed E-state index contributed by atoms with van der Waals surface area (Å²) in [6.45, 7) is 2.73. The molecule has 1 N–H and O–H groups in total. The molecule has 130 valence electrons. The number of benzene rings is 2. The first-order valence-electron chi connectivity index (χ1n) is 8.17. The Morgan fingerprint density at radius 3 is 2.77 bits per heavy atom. The molecule has 4 rings (SSSR count). The fourth-order valence-electron chi connectivity index (χ4n) is 2.82. The molecule has 0 unspecified atom stereocenters. The molecule has 0 spiro atoms. The van der Waals surface area contributed by atoms with Gasteiger partial charge in [-0.15, -0.1) is 11.3 Å². The summed E-state index contributed by atoms with van der Waals surface area (Å²) >= 11 is 7.77. The average molecular weight is 382 g/mol. The van der Waals surface area contributed by atoms with E-state index in [0.717, 1.165) is 10.1 Å². The van der Waals surface area contributed by atoms with Crippen molar-refractivity contribution in [3.8, 4) is 0 Å². The number of halogens is 1. The summed E-state index contributed by atoms with van der Waals surface area (Å²) in [7, 11) is 0. The lowest BCUT2D eigenvalue weighted by Gasteiger charge is -2.05. The smallest absolute Gasteiger partial charge is 0.267 e. The monoisotopic (exact) mass is 381 g/mol. The summed E-state index contributed by atoms with van der Waals surface area (Å²) < 4.78 is 2.81. The summed E-state index contributed by atoms with van der Waals surface area (Å²) in [6.07, 6.45) is 3.48. The normalized spacial score (nSPS) is 11.0. The molecule has 1 amide bonds. The highest BCUT2D eigenvalue weighted by atomic mass is 35.5. The SMILES string of the molecule is Cc1ccccc1Cn1cc(NC(=O)c2sc3ccccc3c2Cl)cn1. The Hall–Kier alpha value is -2.63. The molecule has 0 saturated heterocycles. The number of anilines is 1. The Morgan fingerprint density at radius 2 is 1.96 bits per heavy atom. The Morgan fingerprint density at radius 1 is 1.19 bits per heavy atom. The van der Waals surface area contributed by atoms with E-state index in [1.807, 2.05) is 47.3 Å². The van der Waals surface area contributed by atoms with Crippen molar-refractivity contribution in [2.45, 2.75) is 13.5 Å². The van der Waals surface area contributed by atoms with E-state index in [9.17, 15) is 4.79 Å². The molecule has 0 aliphatic rings. The molecule has 0 aliphatic carbocycles. The van der Waals surface area contributed by atoms with Gasteiger partial charge >= 0.3 is 0 Å². The van der Waals surface area contributed by atoms with Crippen molar-refractivity contribution in [3.05, 3.63) is 82.0 Å². The first kappa shape index (κ1) is 16.8. The van der Waals surface area contributed by atoms with Crippen molar-refractivity contribution in [1.82, 2.24) is 9.78 Å². The number of thiophene rings is 1. The van der Waals surface area contributed by atoms with Crippen molar-refractivity contribution < 1.29 is 4.79 Å². The number of rotatable bonds is 4. The second kappa shape index (κ2) is 6.94. The summed E-state index contributed by atoms with van der Waals surface area (Å²) in [5, 5.41) is 8.62. The van der Waals surface area contributed by atoms with Crippen LogP contribution in [-0.4, -0.2) is 15.7 Å². The number of carbonyl (C=O) groups is 1. The van der Waals surface area contributed by atoms with E-state index in [-0.39, 0.29) is 5.91 Å². The number of hydrogen-bond donors (Lipinski definition) is 1. The van der Waals surface area contributed by atoms with Crippen LogP contribution < -0.4 is 5.32 Å². The van der Waals surface area contributed by atoms with E-state index in [1.54, 1.807) is 6.20 Å². The van der Waals surface area contributed by atoms with Crippen molar-refractivity contribution in [3.63, 3.8) is 0 Å². The number of aryl methyl sites for hydroxylation is 1. The Bertz CT molecular complexity index is 1100. The molecule has 2 aromatic heterocycles. The molecule has 2 heterocycles. The molecule has 4 aromatic rings. The second-order valence-electron chi connectivity index (χ2n) is 6.05. The van der Waals surface area contributed by atoms with Crippen molar-refractivity contribution in [2.75, 3.05) is 5.32 Å². The molecule has 0 radical (unpaired) electrons. The number of carbonyl (C=O) groups excluding carboxylic acids is 1. The van der Waals surface area contributed by atoms with Crippen LogP contribution in [0.5, 0.6) is 0 Å². The van der Waals surface area contributed by atoms with Crippen molar-refractivity contribution in [1.29, 1.82) is 0 Å². The van der Waals surface area contributed by atoms with E-state index in [4.69, 9.17) is 11.6 Å². The summed E-state index contributed by atoms with van der Waals surface area (Å²) in [6, 6.07) is 15.9. The van der Waals surface area contributed by atoms with Crippen LogP contribution in [0.1, 0.15) is 20.8 Å². The van der Waals surface area contributed by atoms with Gasteiger partial charge in [0.25, 0.3) is 5.91 Å². The summed E-state index contributed by atoms with van der Waals surface area (Å²) in [5.41, 5.74) is 3.06. The zero-order valence-electron chi connectivity index (χ0n) is 14.1. The van der Waals surface area contributed by atoms with Gasteiger partial charge in [0.15, 0.2) is 0 Å². The third-order valence-electron chi connectivity index (χ3n) is 4.23. The second-order valence-corrected chi connectivity index (χ2v) is 7.48. The molecule has 0 saturated carbocycles. The fraction of sp³-hybridized carbons (Fsp3) is 0.100. The van der Waals surface area contributed by atoms with Crippen molar-refractivity contribution >= 4 is 44.6 Å². The third-order valence-corrected chi connectivity index (χ3v) is 5.90. The van der Waals surface area contributed by atoms with Gasteiger partial charge in [-0.05, 0) is 24.1 Å². The lowest BCUT2D eigenvalue weighted by Crippen LogP contribution is -2.10.